The Labute approximate surface area is 131 Å². The normalized spacial score (nSPS) is 33.5. The molecule has 0 aliphatic heterocycles. The van der Waals surface area contributed by atoms with E-state index in [2.05, 4.69) is 26.0 Å². The Hall–Kier alpha value is -0.240. The van der Waals surface area contributed by atoms with Gasteiger partial charge in [-0.05, 0) is 80.9 Å². The van der Waals surface area contributed by atoms with Gasteiger partial charge >= 0.3 is 0 Å². The fourth-order valence-corrected chi connectivity index (χ4v) is 5.03. The van der Waals surface area contributed by atoms with Crippen LogP contribution in [0.3, 0.4) is 0 Å². The van der Waals surface area contributed by atoms with E-state index >= 15 is 0 Å². The maximum absolute atomic E-state index is 6.53. The van der Waals surface area contributed by atoms with E-state index < -0.39 is 0 Å². The van der Waals surface area contributed by atoms with Gasteiger partial charge in [-0.3, -0.25) is 0 Å². The van der Waals surface area contributed by atoms with Gasteiger partial charge in [0.05, 0.1) is 10.0 Å². The summed E-state index contributed by atoms with van der Waals surface area (Å²) in [7, 11) is 0. The largest absolute Gasteiger partial charge is 0.325 e. The molecule has 3 aliphatic carbocycles. The van der Waals surface area contributed by atoms with E-state index in [0.717, 1.165) is 11.8 Å². The Morgan fingerprint density at radius 2 is 1.60 bits per heavy atom. The molecule has 1 aromatic carbocycles. The number of fused-ring (bicyclic) bond motifs is 3. The molecule has 0 saturated heterocycles. The molecule has 3 saturated carbocycles. The molecule has 3 aliphatic rings. The summed E-state index contributed by atoms with van der Waals surface area (Å²) in [5, 5.41) is 1.30. The number of nitrogens with two attached hydrogens (primary N) is 1. The first-order valence-corrected chi connectivity index (χ1v) is 8.37. The van der Waals surface area contributed by atoms with Crippen LogP contribution in [0.15, 0.2) is 18.2 Å². The lowest BCUT2D eigenvalue weighted by atomic mass is 9.52. The highest BCUT2D eigenvalue weighted by atomic mass is 35.5. The molecule has 4 rings (SSSR count). The summed E-state index contributed by atoms with van der Waals surface area (Å²) in [6.07, 6.45) is 5.35. The summed E-state index contributed by atoms with van der Waals surface area (Å²) < 4.78 is 0. The lowest BCUT2D eigenvalue weighted by Crippen LogP contribution is -2.53. The molecule has 2 unspecified atom stereocenters. The molecule has 110 valence electrons. The van der Waals surface area contributed by atoms with Crippen LogP contribution in [-0.4, -0.2) is 5.54 Å². The zero-order valence-electron chi connectivity index (χ0n) is 12.2. The third-order valence-electron chi connectivity index (χ3n) is 5.41. The summed E-state index contributed by atoms with van der Waals surface area (Å²) in [6, 6.07) is 6.15. The Bertz CT molecular complexity index is 498. The van der Waals surface area contributed by atoms with Gasteiger partial charge in [-0.25, -0.2) is 0 Å². The third kappa shape index (κ3) is 2.49. The zero-order chi connectivity index (χ0) is 14.5. The van der Waals surface area contributed by atoms with Crippen molar-refractivity contribution in [2.75, 3.05) is 0 Å². The minimum atomic E-state index is -0.138. The van der Waals surface area contributed by atoms with E-state index in [1.54, 1.807) is 0 Å². The van der Waals surface area contributed by atoms with Crippen molar-refractivity contribution >= 4 is 23.2 Å². The van der Waals surface area contributed by atoms with E-state index in [-0.39, 0.29) is 5.54 Å². The Morgan fingerprint density at radius 3 is 2.15 bits per heavy atom. The molecule has 3 heteroatoms. The van der Waals surface area contributed by atoms with Crippen molar-refractivity contribution in [3.05, 3.63) is 33.8 Å². The molecule has 0 aromatic heterocycles. The molecule has 3 fully saturated rings. The molecular formula is C17H23Cl2N. The first-order valence-electron chi connectivity index (χ1n) is 7.62. The number of halogens is 2. The minimum Gasteiger partial charge on any atom is -0.325 e. The van der Waals surface area contributed by atoms with E-state index in [1.165, 1.54) is 31.2 Å². The van der Waals surface area contributed by atoms with Gasteiger partial charge in [0.25, 0.3) is 0 Å². The molecule has 0 radical (unpaired) electrons. The zero-order valence-corrected chi connectivity index (χ0v) is 13.7. The van der Waals surface area contributed by atoms with Crippen LogP contribution in [0.25, 0.3) is 0 Å². The van der Waals surface area contributed by atoms with E-state index in [9.17, 15) is 0 Å². The Morgan fingerprint density at radius 1 is 1.00 bits per heavy atom. The quantitative estimate of drug-likeness (QED) is 0.793. The molecule has 2 bridgehead atoms. The van der Waals surface area contributed by atoms with Crippen molar-refractivity contribution in [3.63, 3.8) is 0 Å². The summed E-state index contributed by atoms with van der Waals surface area (Å²) in [5.41, 5.74) is 7.73. The Balaban J connectivity index is 2.02. The average Bonchev–Trinajstić information content (AvgIpc) is 2.41. The van der Waals surface area contributed by atoms with Crippen molar-refractivity contribution in [1.82, 2.24) is 0 Å². The first kappa shape index (κ1) is 14.7. The van der Waals surface area contributed by atoms with Crippen molar-refractivity contribution in [2.24, 2.45) is 23.5 Å². The predicted octanol–water partition coefficient (Wildman–Crippen LogP) is 5.25. The molecule has 0 heterocycles. The second kappa shape index (κ2) is 5.19. The van der Waals surface area contributed by atoms with Crippen LogP contribution >= 0.6 is 23.2 Å². The SMILES string of the molecule is CC(C)(N)C1C2CCC(CC2)C1c1ccc(Cl)c(Cl)c1. The Kier molecular flexibility index (Phi) is 3.81. The topological polar surface area (TPSA) is 26.0 Å². The predicted molar refractivity (Wildman–Crippen MR) is 86.4 cm³/mol. The maximum Gasteiger partial charge on any atom is 0.0595 e. The number of rotatable bonds is 2. The molecule has 2 atom stereocenters. The van der Waals surface area contributed by atoms with Crippen LogP contribution in [0, 0.1) is 17.8 Å². The van der Waals surface area contributed by atoms with Crippen molar-refractivity contribution in [2.45, 2.75) is 51.0 Å². The smallest absolute Gasteiger partial charge is 0.0595 e. The van der Waals surface area contributed by atoms with Crippen LogP contribution in [-0.2, 0) is 0 Å². The van der Waals surface area contributed by atoms with Gasteiger partial charge in [-0.2, -0.15) is 0 Å². The highest BCUT2D eigenvalue weighted by Gasteiger charge is 2.49. The highest BCUT2D eigenvalue weighted by molar-refractivity contribution is 6.42. The van der Waals surface area contributed by atoms with Gasteiger partial charge in [-0.15, -0.1) is 0 Å². The molecular weight excluding hydrogens is 289 g/mol. The number of hydrogen-bond acceptors (Lipinski definition) is 1. The number of hydrogen-bond donors (Lipinski definition) is 1. The van der Waals surface area contributed by atoms with Crippen molar-refractivity contribution in [1.29, 1.82) is 0 Å². The summed E-state index contributed by atoms with van der Waals surface area (Å²) in [4.78, 5) is 0. The fraction of sp³-hybridized carbons (Fsp3) is 0.647. The van der Waals surface area contributed by atoms with Crippen LogP contribution in [0.1, 0.15) is 51.0 Å². The third-order valence-corrected chi connectivity index (χ3v) is 6.15. The van der Waals surface area contributed by atoms with Crippen LogP contribution in [0.4, 0.5) is 0 Å². The molecule has 20 heavy (non-hydrogen) atoms. The molecule has 0 spiro atoms. The van der Waals surface area contributed by atoms with Crippen LogP contribution in [0.2, 0.25) is 10.0 Å². The first-order chi connectivity index (χ1) is 9.38. The van der Waals surface area contributed by atoms with Gasteiger partial charge in [0.2, 0.25) is 0 Å². The lowest BCUT2D eigenvalue weighted by molar-refractivity contribution is 0.0264. The second-order valence-corrected chi connectivity index (χ2v) is 8.04. The van der Waals surface area contributed by atoms with Crippen LogP contribution in [0.5, 0.6) is 0 Å². The fourth-order valence-electron chi connectivity index (χ4n) is 4.72. The summed E-state index contributed by atoms with van der Waals surface area (Å²) >= 11 is 12.3. The number of benzene rings is 1. The van der Waals surface area contributed by atoms with Crippen molar-refractivity contribution < 1.29 is 0 Å². The van der Waals surface area contributed by atoms with Crippen molar-refractivity contribution in [3.8, 4) is 0 Å². The lowest BCUT2D eigenvalue weighted by Gasteiger charge is -2.54. The second-order valence-electron chi connectivity index (χ2n) is 7.22. The molecule has 1 aromatic rings. The molecule has 1 nitrogen and oxygen atoms in total. The van der Waals surface area contributed by atoms with Gasteiger partial charge in [-0.1, -0.05) is 29.3 Å². The standard InChI is InChI=1S/C17H23Cl2N/c1-17(2,20)16-11-5-3-10(4-6-11)15(16)12-7-8-13(18)14(19)9-12/h7-11,15-16H,3-6,20H2,1-2H3. The van der Waals surface area contributed by atoms with Crippen LogP contribution < -0.4 is 5.73 Å². The van der Waals surface area contributed by atoms with Gasteiger partial charge in [0, 0.05) is 5.54 Å². The molecule has 2 N–H and O–H groups in total. The van der Waals surface area contributed by atoms with Gasteiger partial charge in [0.1, 0.15) is 0 Å². The monoisotopic (exact) mass is 311 g/mol. The van der Waals surface area contributed by atoms with Gasteiger partial charge < -0.3 is 5.73 Å². The maximum atomic E-state index is 6.53. The molecule has 0 amide bonds. The van der Waals surface area contributed by atoms with E-state index in [0.29, 0.717) is 21.9 Å². The summed E-state index contributed by atoms with van der Waals surface area (Å²) in [5.74, 6) is 2.61. The average molecular weight is 312 g/mol. The summed E-state index contributed by atoms with van der Waals surface area (Å²) in [6.45, 7) is 4.37. The van der Waals surface area contributed by atoms with Gasteiger partial charge in [0.15, 0.2) is 0 Å². The highest BCUT2D eigenvalue weighted by Crippen LogP contribution is 2.56. The minimum absolute atomic E-state index is 0.138. The van der Waals surface area contributed by atoms with E-state index in [1.807, 2.05) is 6.07 Å². The van der Waals surface area contributed by atoms with E-state index in [4.69, 9.17) is 28.9 Å².